The van der Waals surface area contributed by atoms with Gasteiger partial charge in [-0.05, 0) is 24.6 Å². The second-order valence-electron chi connectivity index (χ2n) is 2.69. The Bertz CT molecular complexity index is 404. The van der Waals surface area contributed by atoms with Crippen molar-refractivity contribution in [3.8, 4) is 0 Å². The summed E-state index contributed by atoms with van der Waals surface area (Å²) in [6.45, 7) is 2.04. The minimum Gasteiger partial charge on any atom is -0.356 e. The summed E-state index contributed by atoms with van der Waals surface area (Å²) in [5.41, 5.74) is 2.07. The second kappa shape index (κ2) is 2.48. The minimum absolute atomic E-state index is 0.653. The van der Waals surface area contributed by atoms with Crippen molar-refractivity contribution < 1.29 is 0 Å². The van der Waals surface area contributed by atoms with Crippen molar-refractivity contribution in [3.63, 3.8) is 0 Å². The normalized spacial score (nSPS) is 10.5. The summed E-state index contributed by atoms with van der Waals surface area (Å²) >= 11 is 0. The Morgan fingerprint density at radius 3 is 3.08 bits per heavy atom. The molecule has 0 aliphatic carbocycles. The van der Waals surface area contributed by atoms with E-state index in [9.17, 15) is 0 Å². The molecule has 12 heavy (non-hydrogen) atoms. The van der Waals surface area contributed by atoms with Gasteiger partial charge >= 0.3 is 0 Å². The molecule has 0 atom stereocenters. The molecule has 4 nitrogen and oxygen atoms in total. The van der Waals surface area contributed by atoms with Crippen LogP contribution in [0.1, 0.15) is 5.56 Å². The Balaban J connectivity index is 2.67. The van der Waals surface area contributed by atoms with E-state index in [0.29, 0.717) is 5.95 Å². The summed E-state index contributed by atoms with van der Waals surface area (Å²) in [4.78, 5) is 4.23. The van der Waals surface area contributed by atoms with E-state index in [0.717, 1.165) is 5.65 Å². The predicted molar refractivity (Wildman–Crippen MR) is 47.3 cm³/mol. The Labute approximate surface area is 70.2 Å². The lowest BCUT2D eigenvalue weighted by Gasteiger charge is -1.90. The lowest BCUT2D eigenvalue weighted by Crippen LogP contribution is -1.90. The highest BCUT2D eigenvalue weighted by atomic mass is 15.3. The number of rotatable bonds is 1. The Kier molecular flexibility index (Phi) is 1.46. The monoisotopic (exact) mass is 162 g/mol. The maximum absolute atomic E-state index is 4.23. The van der Waals surface area contributed by atoms with Crippen molar-refractivity contribution in [3.05, 3.63) is 23.9 Å². The summed E-state index contributed by atoms with van der Waals surface area (Å²) in [7, 11) is 1.81. The van der Waals surface area contributed by atoms with Crippen molar-refractivity contribution in [2.45, 2.75) is 6.92 Å². The van der Waals surface area contributed by atoms with Gasteiger partial charge in [-0.1, -0.05) is 0 Å². The number of pyridine rings is 1. The predicted octanol–water partition coefficient (Wildman–Crippen LogP) is 1.08. The van der Waals surface area contributed by atoms with Gasteiger partial charge in [-0.3, -0.25) is 0 Å². The maximum atomic E-state index is 4.23. The van der Waals surface area contributed by atoms with E-state index in [4.69, 9.17) is 0 Å². The van der Waals surface area contributed by atoms with Crippen LogP contribution in [0, 0.1) is 6.92 Å². The molecule has 0 fully saturated rings. The van der Waals surface area contributed by atoms with Gasteiger partial charge in [0.1, 0.15) is 0 Å². The summed E-state index contributed by atoms with van der Waals surface area (Å²) in [5, 5.41) is 7.06. The molecule has 0 amide bonds. The van der Waals surface area contributed by atoms with Gasteiger partial charge in [0, 0.05) is 13.2 Å². The fourth-order valence-electron chi connectivity index (χ4n) is 1.09. The number of hydrogen-bond donors (Lipinski definition) is 1. The first-order valence-corrected chi connectivity index (χ1v) is 3.80. The largest absolute Gasteiger partial charge is 0.356 e. The summed E-state index contributed by atoms with van der Waals surface area (Å²) in [6.07, 6.45) is 1.90. The number of anilines is 1. The van der Waals surface area contributed by atoms with Crippen LogP contribution in [0.3, 0.4) is 0 Å². The standard InChI is InChI=1S/C8H10N4/c1-6-3-4-12-7(5-6)10-8(9-2)11-12/h3-5H,1-2H3,(H,9,11). The molecule has 2 aromatic heterocycles. The van der Waals surface area contributed by atoms with Crippen LogP contribution in [0.4, 0.5) is 5.95 Å². The Morgan fingerprint density at radius 2 is 2.33 bits per heavy atom. The molecule has 2 aromatic rings. The van der Waals surface area contributed by atoms with Gasteiger partial charge < -0.3 is 5.32 Å². The van der Waals surface area contributed by atoms with E-state index in [1.807, 2.05) is 32.3 Å². The van der Waals surface area contributed by atoms with Gasteiger partial charge in [-0.25, -0.2) is 4.52 Å². The van der Waals surface area contributed by atoms with Gasteiger partial charge in [-0.2, -0.15) is 4.98 Å². The number of nitrogens with one attached hydrogen (secondary N) is 1. The molecule has 4 heteroatoms. The number of aryl methyl sites for hydroxylation is 1. The molecule has 0 bridgehead atoms. The third-order valence-corrected chi connectivity index (χ3v) is 1.72. The number of hydrogen-bond acceptors (Lipinski definition) is 3. The van der Waals surface area contributed by atoms with Crippen molar-refractivity contribution in [1.29, 1.82) is 0 Å². The van der Waals surface area contributed by atoms with Crippen LogP contribution in [0.15, 0.2) is 18.3 Å². The third kappa shape index (κ3) is 1.01. The van der Waals surface area contributed by atoms with Crippen LogP contribution in [0.5, 0.6) is 0 Å². The summed E-state index contributed by atoms with van der Waals surface area (Å²) in [5.74, 6) is 0.653. The minimum atomic E-state index is 0.653. The lowest BCUT2D eigenvalue weighted by molar-refractivity contribution is 0.959. The second-order valence-corrected chi connectivity index (χ2v) is 2.69. The van der Waals surface area contributed by atoms with Crippen molar-refractivity contribution in [2.24, 2.45) is 0 Å². The van der Waals surface area contributed by atoms with Gasteiger partial charge in [0.15, 0.2) is 5.65 Å². The molecule has 0 saturated heterocycles. The molecular weight excluding hydrogens is 152 g/mol. The zero-order valence-corrected chi connectivity index (χ0v) is 7.07. The summed E-state index contributed by atoms with van der Waals surface area (Å²) in [6, 6.07) is 4.00. The molecule has 1 N–H and O–H groups in total. The zero-order valence-electron chi connectivity index (χ0n) is 7.07. The molecule has 0 radical (unpaired) electrons. The van der Waals surface area contributed by atoms with Crippen LogP contribution in [0.2, 0.25) is 0 Å². The molecule has 62 valence electrons. The maximum Gasteiger partial charge on any atom is 0.242 e. The fraction of sp³-hybridized carbons (Fsp3) is 0.250. The molecule has 0 aliphatic heterocycles. The lowest BCUT2D eigenvalue weighted by atomic mass is 10.3. The quantitative estimate of drug-likeness (QED) is 0.682. The Hall–Kier alpha value is -1.58. The van der Waals surface area contributed by atoms with Crippen LogP contribution in [-0.4, -0.2) is 21.6 Å². The fourth-order valence-corrected chi connectivity index (χ4v) is 1.09. The molecule has 0 aromatic carbocycles. The zero-order chi connectivity index (χ0) is 8.55. The van der Waals surface area contributed by atoms with Crippen LogP contribution >= 0.6 is 0 Å². The highest BCUT2D eigenvalue weighted by molar-refractivity contribution is 5.44. The Morgan fingerprint density at radius 1 is 1.50 bits per heavy atom. The number of nitrogens with zero attached hydrogens (tertiary/aromatic N) is 3. The first-order chi connectivity index (χ1) is 5.79. The summed E-state index contributed by atoms with van der Waals surface area (Å²) < 4.78 is 1.75. The van der Waals surface area contributed by atoms with Crippen LogP contribution in [0.25, 0.3) is 5.65 Å². The highest BCUT2D eigenvalue weighted by Crippen LogP contribution is 2.06. The first-order valence-electron chi connectivity index (χ1n) is 3.80. The molecule has 2 heterocycles. The molecule has 0 unspecified atom stereocenters. The van der Waals surface area contributed by atoms with E-state index in [-0.39, 0.29) is 0 Å². The van der Waals surface area contributed by atoms with E-state index in [1.165, 1.54) is 5.56 Å². The molecule has 0 aliphatic rings. The van der Waals surface area contributed by atoms with E-state index in [2.05, 4.69) is 15.4 Å². The van der Waals surface area contributed by atoms with Crippen molar-refractivity contribution >= 4 is 11.6 Å². The SMILES string of the molecule is CNc1nc2cc(C)ccn2n1. The van der Waals surface area contributed by atoms with E-state index >= 15 is 0 Å². The highest BCUT2D eigenvalue weighted by Gasteiger charge is 1.99. The van der Waals surface area contributed by atoms with Crippen molar-refractivity contribution in [2.75, 3.05) is 12.4 Å². The third-order valence-electron chi connectivity index (χ3n) is 1.72. The molecule has 2 rings (SSSR count). The smallest absolute Gasteiger partial charge is 0.242 e. The van der Waals surface area contributed by atoms with Crippen LogP contribution in [-0.2, 0) is 0 Å². The van der Waals surface area contributed by atoms with Gasteiger partial charge in [0.25, 0.3) is 0 Å². The molecule has 0 saturated carbocycles. The van der Waals surface area contributed by atoms with Gasteiger partial charge in [0.2, 0.25) is 5.95 Å². The average Bonchev–Trinajstić information content (AvgIpc) is 2.46. The molecular formula is C8H10N4. The van der Waals surface area contributed by atoms with Crippen LogP contribution < -0.4 is 5.32 Å². The average molecular weight is 162 g/mol. The van der Waals surface area contributed by atoms with E-state index < -0.39 is 0 Å². The van der Waals surface area contributed by atoms with E-state index in [1.54, 1.807) is 4.52 Å². The number of fused-ring (bicyclic) bond motifs is 1. The van der Waals surface area contributed by atoms with Crippen molar-refractivity contribution in [1.82, 2.24) is 14.6 Å². The first kappa shape index (κ1) is 7.09. The van der Waals surface area contributed by atoms with Gasteiger partial charge in [0.05, 0.1) is 0 Å². The molecule has 0 spiro atoms. The van der Waals surface area contributed by atoms with Gasteiger partial charge in [-0.15, -0.1) is 5.10 Å². The number of aromatic nitrogens is 3. The topological polar surface area (TPSA) is 42.2 Å².